The van der Waals surface area contributed by atoms with E-state index in [9.17, 15) is 4.79 Å². The summed E-state index contributed by atoms with van der Waals surface area (Å²) in [5.41, 5.74) is 2.80. The van der Waals surface area contributed by atoms with E-state index in [1.165, 1.54) is 21.8 Å². The molecule has 0 aliphatic carbocycles. The van der Waals surface area contributed by atoms with Crippen LogP contribution >= 0.6 is 27.3 Å². The normalized spacial score (nSPS) is 10.5. The van der Waals surface area contributed by atoms with Crippen molar-refractivity contribution in [2.75, 3.05) is 5.32 Å². The average Bonchev–Trinajstić information content (AvgIpc) is 2.88. The van der Waals surface area contributed by atoms with Crippen molar-refractivity contribution in [2.24, 2.45) is 0 Å². The number of aryl methyl sites for hydroxylation is 1. The van der Waals surface area contributed by atoms with Gasteiger partial charge in [-0.1, -0.05) is 42.5 Å². The van der Waals surface area contributed by atoms with Crippen molar-refractivity contribution in [3.05, 3.63) is 80.8 Å². The number of anilines is 1. The smallest absolute Gasteiger partial charge is 0.258 e. The Hall–Kier alpha value is -1.98. The van der Waals surface area contributed by atoms with Gasteiger partial charge in [0.15, 0.2) is 5.13 Å². The van der Waals surface area contributed by atoms with Crippen molar-refractivity contribution in [3.8, 4) is 0 Å². The fraction of sp³-hybridized carbons (Fsp3) is 0.111. The summed E-state index contributed by atoms with van der Waals surface area (Å²) in [5, 5.41) is 3.52. The number of carbonyl (C=O) groups excluding carboxylic acids is 1. The molecule has 116 valence electrons. The minimum atomic E-state index is -0.155. The molecule has 0 atom stereocenters. The monoisotopic (exact) mass is 386 g/mol. The fourth-order valence-electron chi connectivity index (χ4n) is 2.24. The lowest BCUT2D eigenvalue weighted by atomic mass is 10.1. The Labute approximate surface area is 147 Å². The van der Waals surface area contributed by atoms with Crippen molar-refractivity contribution in [2.45, 2.75) is 13.3 Å². The molecular weight excluding hydrogens is 372 g/mol. The number of amides is 1. The van der Waals surface area contributed by atoms with Crippen molar-refractivity contribution < 1.29 is 4.79 Å². The van der Waals surface area contributed by atoms with Gasteiger partial charge in [0.25, 0.3) is 5.91 Å². The van der Waals surface area contributed by atoms with Crippen LogP contribution in [-0.2, 0) is 6.42 Å². The highest BCUT2D eigenvalue weighted by Gasteiger charge is 2.14. The van der Waals surface area contributed by atoms with Crippen LogP contribution in [0.4, 0.5) is 5.13 Å². The molecule has 1 amide bonds. The maximum absolute atomic E-state index is 12.3. The number of hydrogen-bond acceptors (Lipinski definition) is 3. The van der Waals surface area contributed by atoms with E-state index in [0.29, 0.717) is 10.7 Å². The Bertz CT molecular complexity index is 830. The molecule has 3 rings (SSSR count). The van der Waals surface area contributed by atoms with Crippen molar-refractivity contribution >= 4 is 38.3 Å². The van der Waals surface area contributed by atoms with Gasteiger partial charge >= 0.3 is 0 Å². The summed E-state index contributed by atoms with van der Waals surface area (Å²) in [6.45, 7) is 1.98. The van der Waals surface area contributed by atoms with Gasteiger partial charge in [-0.3, -0.25) is 10.1 Å². The molecule has 0 saturated heterocycles. The van der Waals surface area contributed by atoms with Crippen LogP contribution in [0.15, 0.2) is 59.1 Å². The summed E-state index contributed by atoms with van der Waals surface area (Å²) in [5.74, 6) is -0.155. The van der Waals surface area contributed by atoms with Crippen LogP contribution in [-0.4, -0.2) is 10.9 Å². The number of nitrogens with one attached hydrogen (secondary N) is 1. The first-order valence-corrected chi connectivity index (χ1v) is 8.80. The van der Waals surface area contributed by atoms with E-state index < -0.39 is 0 Å². The SMILES string of the molecule is Cc1nc(NC(=O)c2ccccc2Br)sc1Cc1ccccc1. The van der Waals surface area contributed by atoms with E-state index in [0.717, 1.165) is 16.6 Å². The minimum Gasteiger partial charge on any atom is -0.298 e. The first kappa shape index (κ1) is 15.9. The molecule has 5 heteroatoms. The molecule has 2 aromatic carbocycles. The summed E-state index contributed by atoms with van der Waals surface area (Å²) in [6, 6.07) is 17.6. The van der Waals surface area contributed by atoms with E-state index in [2.05, 4.69) is 38.4 Å². The molecule has 0 spiro atoms. The molecular formula is C18H15BrN2OS. The zero-order valence-electron chi connectivity index (χ0n) is 12.5. The maximum atomic E-state index is 12.3. The Morgan fingerprint density at radius 2 is 1.83 bits per heavy atom. The molecule has 1 aromatic heterocycles. The van der Waals surface area contributed by atoms with Crippen LogP contribution < -0.4 is 5.32 Å². The summed E-state index contributed by atoms with van der Waals surface area (Å²) < 4.78 is 0.773. The third kappa shape index (κ3) is 3.86. The maximum Gasteiger partial charge on any atom is 0.258 e. The minimum absolute atomic E-state index is 0.155. The lowest BCUT2D eigenvalue weighted by Crippen LogP contribution is -2.12. The van der Waals surface area contributed by atoms with Crippen LogP contribution in [0.3, 0.4) is 0 Å². The first-order valence-electron chi connectivity index (χ1n) is 7.19. The molecule has 0 bridgehead atoms. The van der Waals surface area contributed by atoms with E-state index >= 15 is 0 Å². The van der Waals surface area contributed by atoms with Crippen LogP contribution in [0.25, 0.3) is 0 Å². The topological polar surface area (TPSA) is 42.0 Å². The van der Waals surface area contributed by atoms with Gasteiger partial charge in [0.2, 0.25) is 0 Å². The third-order valence-electron chi connectivity index (χ3n) is 3.44. The molecule has 0 saturated carbocycles. The zero-order valence-corrected chi connectivity index (χ0v) is 14.9. The number of halogens is 1. The highest BCUT2D eigenvalue weighted by atomic mass is 79.9. The van der Waals surface area contributed by atoms with Gasteiger partial charge in [0, 0.05) is 15.8 Å². The zero-order chi connectivity index (χ0) is 16.2. The second kappa shape index (κ2) is 7.06. The standard InChI is InChI=1S/C18H15BrN2OS/c1-12-16(11-13-7-3-2-4-8-13)23-18(20-12)21-17(22)14-9-5-6-10-15(14)19/h2-10H,11H2,1H3,(H,20,21,22). The van der Waals surface area contributed by atoms with E-state index in [1.807, 2.05) is 43.3 Å². The summed E-state index contributed by atoms with van der Waals surface area (Å²) in [4.78, 5) is 18.0. The van der Waals surface area contributed by atoms with E-state index in [-0.39, 0.29) is 5.91 Å². The Balaban J connectivity index is 1.76. The largest absolute Gasteiger partial charge is 0.298 e. The number of hydrogen-bond donors (Lipinski definition) is 1. The van der Waals surface area contributed by atoms with Gasteiger partial charge in [-0.15, -0.1) is 11.3 Å². The number of benzene rings is 2. The molecule has 0 unspecified atom stereocenters. The van der Waals surface area contributed by atoms with Crippen LogP contribution in [0.5, 0.6) is 0 Å². The van der Waals surface area contributed by atoms with Crippen LogP contribution in [0, 0.1) is 6.92 Å². The molecule has 0 fully saturated rings. The van der Waals surface area contributed by atoms with Gasteiger partial charge in [0.1, 0.15) is 0 Å². The molecule has 0 aliphatic rings. The lowest BCUT2D eigenvalue weighted by molar-refractivity contribution is 0.102. The van der Waals surface area contributed by atoms with Gasteiger partial charge < -0.3 is 0 Å². The van der Waals surface area contributed by atoms with Crippen molar-refractivity contribution in [1.82, 2.24) is 4.98 Å². The molecule has 3 aromatic rings. The summed E-state index contributed by atoms with van der Waals surface area (Å²) in [6.07, 6.45) is 0.829. The third-order valence-corrected chi connectivity index (χ3v) is 5.20. The predicted octanol–water partition coefficient (Wildman–Crippen LogP) is 5.06. The van der Waals surface area contributed by atoms with Crippen LogP contribution in [0.1, 0.15) is 26.5 Å². The average molecular weight is 387 g/mol. The lowest BCUT2D eigenvalue weighted by Gasteiger charge is -2.03. The second-order valence-corrected chi connectivity index (χ2v) is 7.06. The number of rotatable bonds is 4. The van der Waals surface area contributed by atoms with Crippen molar-refractivity contribution in [1.29, 1.82) is 0 Å². The van der Waals surface area contributed by atoms with E-state index in [4.69, 9.17) is 0 Å². The predicted molar refractivity (Wildman–Crippen MR) is 98.2 cm³/mol. The molecule has 1 heterocycles. The quantitative estimate of drug-likeness (QED) is 0.680. The van der Waals surface area contributed by atoms with E-state index in [1.54, 1.807) is 6.07 Å². The first-order chi connectivity index (χ1) is 11.1. The summed E-state index contributed by atoms with van der Waals surface area (Å²) in [7, 11) is 0. The molecule has 0 radical (unpaired) electrons. The molecule has 1 N–H and O–H groups in total. The second-order valence-electron chi connectivity index (χ2n) is 5.12. The fourth-order valence-corrected chi connectivity index (χ4v) is 3.69. The Morgan fingerprint density at radius 1 is 1.13 bits per heavy atom. The molecule has 23 heavy (non-hydrogen) atoms. The Morgan fingerprint density at radius 3 is 2.57 bits per heavy atom. The number of carbonyl (C=O) groups is 1. The molecule has 0 aliphatic heterocycles. The van der Waals surface area contributed by atoms with Gasteiger partial charge in [-0.05, 0) is 40.5 Å². The van der Waals surface area contributed by atoms with Gasteiger partial charge in [0.05, 0.1) is 11.3 Å². The number of aromatic nitrogens is 1. The molecule has 3 nitrogen and oxygen atoms in total. The summed E-state index contributed by atoms with van der Waals surface area (Å²) >= 11 is 4.92. The van der Waals surface area contributed by atoms with Gasteiger partial charge in [-0.2, -0.15) is 0 Å². The highest BCUT2D eigenvalue weighted by molar-refractivity contribution is 9.10. The van der Waals surface area contributed by atoms with Crippen LogP contribution in [0.2, 0.25) is 0 Å². The highest BCUT2D eigenvalue weighted by Crippen LogP contribution is 2.26. The number of nitrogens with zero attached hydrogens (tertiary/aromatic N) is 1. The van der Waals surface area contributed by atoms with Gasteiger partial charge in [-0.25, -0.2) is 4.98 Å². The van der Waals surface area contributed by atoms with Crippen molar-refractivity contribution in [3.63, 3.8) is 0 Å². The number of thiazole rings is 1. The Kier molecular flexibility index (Phi) is 4.88.